The van der Waals surface area contributed by atoms with Crippen LogP contribution in [0.15, 0.2) is 23.1 Å². The lowest BCUT2D eigenvalue weighted by Gasteiger charge is -2.05. The molecule has 0 aromatic carbocycles. The van der Waals surface area contributed by atoms with E-state index in [0.29, 0.717) is 18.5 Å². The zero-order valence-electron chi connectivity index (χ0n) is 8.77. The van der Waals surface area contributed by atoms with Crippen LogP contribution in [0.25, 0.3) is 0 Å². The number of carbonyl (C=O) groups is 1. The first-order valence-electron chi connectivity index (χ1n) is 5.05. The monoisotopic (exact) mass is 209 g/mol. The van der Waals surface area contributed by atoms with Gasteiger partial charge in [-0.05, 0) is 18.9 Å². The van der Waals surface area contributed by atoms with Gasteiger partial charge >= 0.3 is 5.97 Å². The quantitative estimate of drug-likeness (QED) is 0.794. The summed E-state index contributed by atoms with van der Waals surface area (Å²) in [4.78, 5) is 22.1. The molecule has 1 heterocycles. The molecule has 0 unspecified atom stereocenters. The molecule has 0 fully saturated rings. The molecule has 0 saturated carbocycles. The third kappa shape index (κ3) is 3.23. The summed E-state index contributed by atoms with van der Waals surface area (Å²) < 4.78 is 1.62. The average molecular weight is 209 g/mol. The van der Waals surface area contributed by atoms with Gasteiger partial charge in [-0.1, -0.05) is 13.0 Å². The van der Waals surface area contributed by atoms with Crippen molar-refractivity contribution >= 4 is 5.97 Å². The van der Waals surface area contributed by atoms with Gasteiger partial charge in [-0.2, -0.15) is 0 Å². The normalized spacial score (nSPS) is 10.2. The lowest BCUT2D eigenvalue weighted by molar-refractivity contribution is -0.136. The third-order valence-corrected chi connectivity index (χ3v) is 2.17. The summed E-state index contributed by atoms with van der Waals surface area (Å²) >= 11 is 0. The summed E-state index contributed by atoms with van der Waals surface area (Å²) in [5, 5.41) is 8.53. The first kappa shape index (κ1) is 11.5. The summed E-state index contributed by atoms with van der Waals surface area (Å²) in [5.41, 5.74) is 0.508. The van der Waals surface area contributed by atoms with Crippen molar-refractivity contribution in [2.45, 2.75) is 32.7 Å². The van der Waals surface area contributed by atoms with Crippen LogP contribution < -0.4 is 5.56 Å². The number of aliphatic carboxylic acids is 1. The number of pyridine rings is 1. The van der Waals surface area contributed by atoms with Gasteiger partial charge < -0.3 is 9.67 Å². The van der Waals surface area contributed by atoms with Crippen molar-refractivity contribution in [3.05, 3.63) is 34.2 Å². The Morgan fingerprint density at radius 2 is 2.27 bits per heavy atom. The summed E-state index contributed by atoms with van der Waals surface area (Å²) in [5.74, 6) is -0.875. The van der Waals surface area contributed by atoms with E-state index < -0.39 is 5.97 Å². The van der Waals surface area contributed by atoms with Crippen LogP contribution in [0.1, 0.15) is 25.3 Å². The van der Waals surface area contributed by atoms with Gasteiger partial charge in [0.25, 0.3) is 5.56 Å². The smallest absolute Gasteiger partial charge is 0.303 e. The van der Waals surface area contributed by atoms with Crippen LogP contribution >= 0.6 is 0 Å². The molecule has 0 aliphatic rings. The van der Waals surface area contributed by atoms with Gasteiger partial charge in [0.1, 0.15) is 0 Å². The lowest BCUT2D eigenvalue weighted by atomic mass is 10.1. The second kappa shape index (κ2) is 5.34. The van der Waals surface area contributed by atoms with E-state index in [1.54, 1.807) is 22.9 Å². The predicted octanol–water partition coefficient (Wildman–Crippen LogP) is 1.28. The standard InChI is InChI=1S/C11H15NO3/c1-2-7-12-8-3-4-9(11(12)15)5-6-10(13)14/h3-4,8H,2,5-7H2,1H3,(H,13,14). The second-order valence-corrected chi connectivity index (χ2v) is 3.43. The Balaban J connectivity index is 2.84. The molecule has 0 atom stereocenters. The van der Waals surface area contributed by atoms with Gasteiger partial charge in [-0.3, -0.25) is 9.59 Å². The average Bonchev–Trinajstić information content (AvgIpc) is 2.19. The maximum atomic E-state index is 11.7. The first-order valence-corrected chi connectivity index (χ1v) is 5.05. The van der Waals surface area contributed by atoms with Crippen molar-refractivity contribution in [2.75, 3.05) is 0 Å². The van der Waals surface area contributed by atoms with Crippen molar-refractivity contribution in [1.82, 2.24) is 4.57 Å². The fourth-order valence-electron chi connectivity index (χ4n) is 1.44. The lowest BCUT2D eigenvalue weighted by Crippen LogP contribution is -2.23. The zero-order valence-corrected chi connectivity index (χ0v) is 8.77. The third-order valence-electron chi connectivity index (χ3n) is 2.17. The SMILES string of the molecule is CCCn1cccc(CCC(=O)O)c1=O. The molecule has 1 N–H and O–H groups in total. The fraction of sp³-hybridized carbons (Fsp3) is 0.455. The molecule has 1 aromatic rings. The molecule has 0 aliphatic heterocycles. The summed E-state index contributed by atoms with van der Waals surface area (Å²) in [6.45, 7) is 2.68. The Hall–Kier alpha value is -1.58. The molecule has 1 rings (SSSR count). The number of aryl methyl sites for hydroxylation is 2. The van der Waals surface area contributed by atoms with E-state index in [-0.39, 0.29) is 12.0 Å². The van der Waals surface area contributed by atoms with E-state index in [1.165, 1.54) is 0 Å². The highest BCUT2D eigenvalue weighted by molar-refractivity contribution is 5.67. The number of hydrogen-bond donors (Lipinski definition) is 1. The van der Waals surface area contributed by atoms with Crippen LogP contribution in [0.2, 0.25) is 0 Å². The minimum Gasteiger partial charge on any atom is -0.481 e. The number of carboxylic acids is 1. The van der Waals surface area contributed by atoms with Crippen LogP contribution in [0, 0.1) is 0 Å². The van der Waals surface area contributed by atoms with E-state index in [2.05, 4.69) is 0 Å². The minimum absolute atomic E-state index is 0.00534. The van der Waals surface area contributed by atoms with Crippen molar-refractivity contribution in [2.24, 2.45) is 0 Å². The number of nitrogens with zero attached hydrogens (tertiary/aromatic N) is 1. The minimum atomic E-state index is -0.875. The Morgan fingerprint density at radius 3 is 2.87 bits per heavy atom. The fourth-order valence-corrected chi connectivity index (χ4v) is 1.44. The largest absolute Gasteiger partial charge is 0.481 e. The molecule has 1 aromatic heterocycles. The Labute approximate surface area is 88.2 Å². The molecule has 15 heavy (non-hydrogen) atoms. The predicted molar refractivity (Wildman–Crippen MR) is 56.9 cm³/mol. The van der Waals surface area contributed by atoms with Crippen LogP contribution in [0.3, 0.4) is 0 Å². The molecule has 0 saturated heterocycles. The van der Waals surface area contributed by atoms with Crippen molar-refractivity contribution in [3.63, 3.8) is 0 Å². The summed E-state index contributed by atoms with van der Waals surface area (Å²) in [7, 11) is 0. The summed E-state index contributed by atoms with van der Waals surface area (Å²) in [6.07, 6.45) is 2.93. The van der Waals surface area contributed by atoms with Gasteiger partial charge in [0.15, 0.2) is 0 Å². The van der Waals surface area contributed by atoms with Gasteiger partial charge in [-0.25, -0.2) is 0 Å². The van der Waals surface area contributed by atoms with E-state index >= 15 is 0 Å². The Morgan fingerprint density at radius 1 is 1.53 bits per heavy atom. The molecule has 0 aliphatic carbocycles. The second-order valence-electron chi connectivity index (χ2n) is 3.43. The zero-order chi connectivity index (χ0) is 11.3. The molecule has 82 valence electrons. The summed E-state index contributed by atoms with van der Waals surface area (Å²) in [6, 6.07) is 3.48. The number of rotatable bonds is 5. The van der Waals surface area contributed by atoms with Gasteiger partial charge in [0.05, 0.1) is 0 Å². The Bertz CT molecular complexity index is 395. The van der Waals surface area contributed by atoms with Crippen molar-refractivity contribution in [1.29, 1.82) is 0 Å². The number of hydrogen-bond acceptors (Lipinski definition) is 2. The van der Waals surface area contributed by atoms with E-state index in [9.17, 15) is 9.59 Å². The maximum Gasteiger partial charge on any atom is 0.303 e. The van der Waals surface area contributed by atoms with Gasteiger partial charge in [-0.15, -0.1) is 0 Å². The maximum absolute atomic E-state index is 11.7. The van der Waals surface area contributed by atoms with Crippen LogP contribution in [0.4, 0.5) is 0 Å². The van der Waals surface area contributed by atoms with E-state index in [4.69, 9.17) is 5.11 Å². The topological polar surface area (TPSA) is 59.3 Å². The highest BCUT2D eigenvalue weighted by atomic mass is 16.4. The van der Waals surface area contributed by atoms with Gasteiger partial charge in [0, 0.05) is 24.7 Å². The molecular formula is C11H15NO3. The number of aromatic nitrogens is 1. The van der Waals surface area contributed by atoms with Crippen LogP contribution in [-0.4, -0.2) is 15.6 Å². The molecule has 0 amide bonds. The number of carboxylic acid groups (broad SMARTS) is 1. The van der Waals surface area contributed by atoms with E-state index in [0.717, 1.165) is 6.42 Å². The van der Waals surface area contributed by atoms with Crippen molar-refractivity contribution in [3.8, 4) is 0 Å². The molecule has 0 radical (unpaired) electrons. The van der Waals surface area contributed by atoms with Crippen LogP contribution in [0.5, 0.6) is 0 Å². The molecular weight excluding hydrogens is 194 g/mol. The highest BCUT2D eigenvalue weighted by Crippen LogP contribution is 1.98. The highest BCUT2D eigenvalue weighted by Gasteiger charge is 2.04. The molecule has 4 heteroatoms. The van der Waals surface area contributed by atoms with Crippen molar-refractivity contribution < 1.29 is 9.90 Å². The molecule has 0 spiro atoms. The van der Waals surface area contributed by atoms with E-state index in [1.807, 2.05) is 6.92 Å². The molecule has 4 nitrogen and oxygen atoms in total. The first-order chi connectivity index (χ1) is 7.15. The van der Waals surface area contributed by atoms with Crippen LogP contribution in [-0.2, 0) is 17.8 Å². The Kier molecular flexibility index (Phi) is 4.09. The molecule has 0 bridgehead atoms. The van der Waals surface area contributed by atoms with Gasteiger partial charge in [0.2, 0.25) is 0 Å².